The van der Waals surface area contributed by atoms with Crippen LogP contribution in [-0.2, 0) is 12.0 Å². The maximum atomic E-state index is 12.9. The zero-order valence-corrected chi connectivity index (χ0v) is 19.1. The highest BCUT2D eigenvalue weighted by molar-refractivity contribution is 8.13. The lowest BCUT2D eigenvalue weighted by atomic mass is 9.86. The van der Waals surface area contributed by atoms with Crippen molar-refractivity contribution < 1.29 is 13.9 Å². The molecule has 3 heterocycles. The fraction of sp³-hybridized carbons (Fsp3) is 0.333. The van der Waals surface area contributed by atoms with Crippen LogP contribution in [0.3, 0.4) is 0 Å². The highest BCUT2D eigenvalue weighted by Gasteiger charge is 2.33. The van der Waals surface area contributed by atoms with E-state index in [1.807, 2.05) is 25.1 Å². The number of aryl methyl sites for hydroxylation is 1. The van der Waals surface area contributed by atoms with Crippen molar-refractivity contribution in [1.82, 2.24) is 9.97 Å². The number of carbonyl (C=O) groups excluding carboxylic acids is 1. The van der Waals surface area contributed by atoms with Crippen molar-refractivity contribution in [2.45, 2.75) is 39.2 Å². The molecule has 0 bridgehead atoms. The molecule has 164 valence electrons. The number of nitrogens with two attached hydrogens (primary N) is 1. The van der Waals surface area contributed by atoms with Gasteiger partial charge in [-0.25, -0.2) is 9.97 Å². The molecule has 1 aliphatic heterocycles. The van der Waals surface area contributed by atoms with E-state index in [2.05, 4.69) is 28.7 Å². The fourth-order valence-electron chi connectivity index (χ4n) is 3.72. The molecule has 0 spiro atoms. The number of Topliss-reactive ketones (excluding diaryl/α,β-unsaturated/α-hetero) is 1. The molecule has 1 aromatic carbocycles. The van der Waals surface area contributed by atoms with Gasteiger partial charge in [0.25, 0.3) is 0 Å². The Balaban J connectivity index is 1.63. The summed E-state index contributed by atoms with van der Waals surface area (Å²) in [5.74, 6) is 7.42. The number of hydrogen-bond acceptors (Lipinski definition) is 8. The summed E-state index contributed by atoms with van der Waals surface area (Å²) in [6, 6.07) is 5.96. The highest BCUT2D eigenvalue weighted by atomic mass is 32.2. The van der Waals surface area contributed by atoms with Crippen LogP contribution in [0.2, 0.25) is 0 Å². The van der Waals surface area contributed by atoms with Gasteiger partial charge in [-0.05, 0) is 51.0 Å². The zero-order valence-electron chi connectivity index (χ0n) is 18.3. The van der Waals surface area contributed by atoms with Crippen molar-refractivity contribution in [1.29, 1.82) is 0 Å². The van der Waals surface area contributed by atoms with Crippen LogP contribution in [0, 0.1) is 18.8 Å². The van der Waals surface area contributed by atoms with Crippen LogP contribution in [0.4, 0.5) is 0 Å². The highest BCUT2D eigenvalue weighted by Crippen LogP contribution is 2.40. The minimum absolute atomic E-state index is 0.129. The number of ether oxygens (including phenoxy) is 1. The third kappa shape index (κ3) is 4.63. The van der Waals surface area contributed by atoms with Gasteiger partial charge >= 0.3 is 0 Å². The summed E-state index contributed by atoms with van der Waals surface area (Å²) in [5.41, 5.74) is 8.42. The molecular formula is C24H24N4O3S. The van der Waals surface area contributed by atoms with Gasteiger partial charge < -0.3 is 14.9 Å². The minimum Gasteiger partial charge on any atom is -0.463 e. The van der Waals surface area contributed by atoms with Gasteiger partial charge in [0.2, 0.25) is 5.88 Å². The first kappa shape index (κ1) is 21.9. The number of furan rings is 1. The van der Waals surface area contributed by atoms with E-state index in [1.54, 1.807) is 18.7 Å². The van der Waals surface area contributed by atoms with Gasteiger partial charge in [-0.3, -0.25) is 9.79 Å². The van der Waals surface area contributed by atoms with Gasteiger partial charge in [-0.2, -0.15) is 0 Å². The van der Waals surface area contributed by atoms with Crippen LogP contribution in [0.25, 0.3) is 11.0 Å². The monoisotopic (exact) mass is 448 g/mol. The first-order chi connectivity index (χ1) is 15.4. The number of amidine groups is 1. The second kappa shape index (κ2) is 9.05. The number of fused-ring (bicyclic) bond motifs is 1. The molecule has 1 atom stereocenters. The van der Waals surface area contributed by atoms with E-state index < -0.39 is 5.54 Å². The molecule has 4 rings (SSSR count). The average molecular weight is 449 g/mol. The van der Waals surface area contributed by atoms with Crippen molar-refractivity contribution in [3.63, 3.8) is 0 Å². The van der Waals surface area contributed by atoms with E-state index in [4.69, 9.17) is 19.9 Å². The summed E-state index contributed by atoms with van der Waals surface area (Å²) in [6.07, 6.45) is 3.90. The van der Waals surface area contributed by atoms with E-state index in [-0.39, 0.29) is 24.5 Å². The first-order valence-corrected chi connectivity index (χ1v) is 11.3. The van der Waals surface area contributed by atoms with Gasteiger partial charge in [0.1, 0.15) is 17.0 Å². The Morgan fingerprint density at radius 1 is 1.31 bits per heavy atom. The average Bonchev–Trinajstić information content (AvgIpc) is 3.13. The molecule has 3 aromatic rings. The number of aliphatic imine (C=N–C) groups is 1. The topological polar surface area (TPSA) is 104 Å². The molecule has 8 heteroatoms. The van der Waals surface area contributed by atoms with Crippen LogP contribution in [0.15, 0.2) is 40.0 Å². The van der Waals surface area contributed by atoms with Crippen LogP contribution in [0.5, 0.6) is 5.88 Å². The van der Waals surface area contributed by atoms with E-state index in [0.717, 1.165) is 40.0 Å². The fourth-order valence-corrected chi connectivity index (χ4v) is 4.69. The summed E-state index contributed by atoms with van der Waals surface area (Å²) in [4.78, 5) is 26.0. The summed E-state index contributed by atoms with van der Waals surface area (Å²) < 4.78 is 11.4. The predicted molar refractivity (Wildman–Crippen MR) is 126 cm³/mol. The summed E-state index contributed by atoms with van der Waals surface area (Å²) in [5, 5.41) is 1.52. The van der Waals surface area contributed by atoms with Crippen molar-refractivity contribution >= 4 is 33.7 Å². The quantitative estimate of drug-likeness (QED) is 0.448. The van der Waals surface area contributed by atoms with E-state index in [1.165, 1.54) is 12.4 Å². The number of nitrogens with zero attached hydrogens (tertiary/aromatic N) is 3. The molecule has 0 radical (unpaired) electrons. The van der Waals surface area contributed by atoms with Crippen molar-refractivity contribution in [3.05, 3.63) is 53.2 Å². The maximum absolute atomic E-state index is 12.9. The number of aromatic nitrogens is 2. The lowest BCUT2D eigenvalue weighted by molar-refractivity contribution is 0.0987. The van der Waals surface area contributed by atoms with Crippen molar-refractivity contribution in [2.24, 2.45) is 10.7 Å². The molecule has 32 heavy (non-hydrogen) atoms. The van der Waals surface area contributed by atoms with Gasteiger partial charge in [0, 0.05) is 23.1 Å². The first-order valence-electron chi connectivity index (χ1n) is 10.3. The summed E-state index contributed by atoms with van der Waals surface area (Å²) in [6.45, 7) is 5.94. The molecule has 0 fully saturated rings. The van der Waals surface area contributed by atoms with Gasteiger partial charge in [0.05, 0.1) is 17.9 Å². The molecule has 7 nitrogen and oxygen atoms in total. The second-order valence-corrected chi connectivity index (χ2v) is 8.91. The number of thioether (sulfide) groups is 1. The zero-order chi connectivity index (χ0) is 22.7. The molecular weight excluding hydrogens is 424 g/mol. The Morgan fingerprint density at radius 3 is 2.88 bits per heavy atom. The molecule has 0 aliphatic carbocycles. The maximum Gasteiger partial charge on any atom is 0.233 e. The van der Waals surface area contributed by atoms with Crippen LogP contribution in [-0.4, -0.2) is 33.3 Å². The Kier molecular flexibility index (Phi) is 6.19. The van der Waals surface area contributed by atoms with Gasteiger partial charge in [-0.15, -0.1) is 5.92 Å². The predicted octanol–water partition coefficient (Wildman–Crippen LogP) is 4.03. The van der Waals surface area contributed by atoms with Crippen molar-refractivity contribution in [3.8, 4) is 17.7 Å². The van der Waals surface area contributed by atoms with Gasteiger partial charge in [0.15, 0.2) is 17.6 Å². The Morgan fingerprint density at radius 2 is 2.16 bits per heavy atom. The Hall–Kier alpha value is -3.31. The SMILES string of the molecule is CC#CCOc1cnc(C(=O)Cc2cc([C@]3(C)CCSC(N)=N3)c3oc(C)cc3c2)cn1. The smallest absolute Gasteiger partial charge is 0.233 e. The lowest BCUT2D eigenvalue weighted by Crippen LogP contribution is -2.29. The Bertz CT molecular complexity index is 1250. The van der Waals surface area contributed by atoms with Crippen LogP contribution in [0.1, 0.15) is 47.6 Å². The molecule has 2 N–H and O–H groups in total. The summed E-state index contributed by atoms with van der Waals surface area (Å²) >= 11 is 1.56. The summed E-state index contributed by atoms with van der Waals surface area (Å²) in [7, 11) is 0. The van der Waals surface area contributed by atoms with Crippen LogP contribution >= 0.6 is 11.8 Å². The minimum atomic E-state index is -0.503. The van der Waals surface area contributed by atoms with E-state index in [0.29, 0.717) is 11.0 Å². The Labute approximate surface area is 190 Å². The molecule has 0 unspecified atom stereocenters. The van der Waals surface area contributed by atoms with Crippen LogP contribution < -0.4 is 10.5 Å². The number of benzene rings is 1. The van der Waals surface area contributed by atoms with Gasteiger partial charge in [-0.1, -0.05) is 17.7 Å². The molecule has 0 saturated heterocycles. The van der Waals surface area contributed by atoms with E-state index in [9.17, 15) is 4.79 Å². The van der Waals surface area contributed by atoms with Crippen molar-refractivity contribution in [2.75, 3.05) is 12.4 Å². The lowest BCUT2D eigenvalue weighted by Gasteiger charge is -2.30. The molecule has 2 aromatic heterocycles. The third-order valence-electron chi connectivity index (χ3n) is 5.32. The standard InChI is InChI=1S/C24H24N4O3S/c1-4-5-7-30-21-14-26-19(13-27-21)20(29)12-16-10-17-9-15(2)31-22(17)18(11-16)24(3)6-8-32-23(25)28-24/h9-11,13-14H,6-8,12H2,1-3H3,(H2,25,28)/t24-/m0/s1. The number of hydrogen-bond donors (Lipinski definition) is 1. The number of rotatable bonds is 6. The van der Waals surface area contributed by atoms with E-state index >= 15 is 0 Å². The molecule has 1 aliphatic rings. The number of carbonyl (C=O) groups is 1. The normalized spacial score (nSPS) is 18.0. The molecule has 0 saturated carbocycles. The largest absolute Gasteiger partial charge is 0.463 e. The number of ketones is 1. The third-order valence-corrected chi connectivity index (χ3v) is 6.12. The molecule has 0 amide bonds. The second-order valence-electron chi connectivity index (χ2n) is 7.80.